The summed E-state index contributed by atoms with van der Waals surface area (Å²) in [5.41, 5.74) is 3.50. The molecule has 2 aliphatic heterocycles. The Bertz CT molecular complexity index is 1100. The molecule has 0 saturated carbocycles. The molecule has 0 aliphatic carbocycles. The first-order chi connectivity index (χ1) is 17.1. The minimum absolute atomic E-state index is 0.131. The predicted molar refractivity (Wildman–Crippen MR) is 140 cm³/mol. The van der Waals surface area contributed by atoms with Crippen molar-refractivity contribution >= 4 is 5.91 Å². The van der Waals surface area contributed by atoms with Crippen LogP contribution in [0, 0.1) is 0 Å². The fraction of sp³-hybridized carbons (Fsp3) is 0.387. The molecule has 2 bridgehead atoms. The van der Waals surface area contributed by atoms with Crippen molar-refractivity contribution in [1.29, 1.82) is 0 Å². The lowest BCUT2D eigenvalue weighted by Crippen LogP contribution is -2.51. The number of amides is 1. The molecule has 5 rings (SSSR count). The van der Waals surface area contributed by atoms with E-state index in [2.05, 4.69) is 34.9 Å². The second-order valence-electron chi connectivity index (χ2n) is 10.4. The van der Waals surface area contributed by atoms with Gasteiger partial charge in [0.25, 0.3) is 0 Å². The monoisotopic (exact) mass is 468 g/mol. The van der Waals surface area contributed by atoms with Crippen LogP contribution in [0.2, 0.25) is 0 Å². The summed E-state index contributed by atoms with van der Waals surface area (Å²) in [7, 11) is 0. The lowest BCUT2D eigenvalue weighted by atomic mass is 9.85. The lowest BCUT2D eigenvalue weighted by molar-refractivity contribution is -0.133. The van der Waals surface area contributed by atoms with E-state index in [4.69, 9.17) is 0 Å². The van der Waals surface area contributed by atoms with Gasteiger partial charge in [-0.1, -0.05) is 72.8 Å². The molecule has 2 heterocycles. The van der Waals surface area contributed by atoms with Gasteiger partial charge in [0.1, 0.15) is 5.75 Å². The summed E-state index contributed by atoms with van der Waals surface area (Å²) >= 11 is 0. The van der Waals surface area contributed by atoms with Crippen LogP contribution in [0.4, 0.5) is 0 Å². The number of carbonyl (C=O) groups is 1. The Labute approximate surface area is 209 Å². The number of piperidine rings is 1. The van der Waals surface area contributed by atoms with E-state index >= 15 is 0 Å². The van der Waals surface area contributed by atoms with Gasteiger partial charge in [0.15, 0.2) is 0 Å². The average molecular weight is 469 g/mol. The molecule has 3 aromatic rings. The molecular weight excluding hydrogens is 432 g/mol. The maximum absolute atomic E-state index is 13.5. The Morgan fingerprint density at radius 3 is 2.17 bits per heavy atom. The van der Waals surface area contributed by atoms with Gasteiger partial charge in [-0.15, -0.1) is 0 Å². The molecule has 1 amide bonds. The molecule has 4 nitrogen and oxygen atoms in total. The summed E-state index contributed by atoms with van der Waals surface area (Å²) in [6.45, 7) is 3.77. The van der Waals surface area contributed by atoms with E-state index in [1.807, 2.05) is 60.7 Å². The molecule has 4 heteroatoms. The summed E-state index contributed by atoms with van der Waals surface area (Å²) in [6, 6.07) is 29.4. The molecule has 0 radical (unpaired) electrons. The first kappa shape index (κ1) is 23.6. The fourth-order valence-corrected chi connectivity index (χ4v) is 6.17. The summed E-state index contributed by atoms with van der Waals surface area (Å²) in [4.78, 5) is 18.3. The molecular formula is C31H36N2O2. The van der Waals surface area contributed by atoms with Crippen LogP contribution >= 0.6 is 0 Å². The van der Waals surface area contributed by atoms with Crippen molar-refractivity contribution in [2.45, 2.75) is 69.6 Å². The van der Waals surface area contributed by atoms with E-state index in [0.717, 1.165) is 24.9 Å². The lowest BCUT2D eigenvalue weighted by Gasteiger charge is -2.42. The SMILES string of the molecule is C[C@H](CN1C2CCC1CC(c1cccc(O)c1)C2)N(Cc1ccccc1)C(=O)Cc1ccccc1. The largest absolute Gasteiger partial charge is 0.508 e. The zero-order valence-electron chi connectivity index (χ0n) is 20.6. The van der Waals surface area contributed by atoms with E-state index in [-0.39, 0.29) is 11.9 Å². The van der Waals surface area contributed by atoms with Crippen molar-refractivity contribution in [2.24, 2.45) is 0 Å². The zero-order chi connectivity index (χ0) is 24.2. The number of rotatable bonds is 8. The van der Waals surface area contributed by atoms with Crippen LogP contribution in [-0.4, -0.2) is 45.5 Å². The molecule has 0 aromatic heterocycles. The second-order valence-corrected chi connectivity index (χ2v) is 10.4. The third kappa shape index (κ3) is 5.59. The van der Waals surface area contributed by atoms with Crippen LogP contribution in [0.3, 0.4) is 0 Å². The fourth-order valence-electron chi connectivity index (χ4n) is 6.17. The number of fused-ring (bicyclic) bond motifs is 2. The van der Waals surface area contributed by atoms with Crippen molar-refractivity contribution in [3.05, 3.63) is 102 Å². The van der Waals surface area contributed by atoms with Crippen molar-refractivity contribution in [3.63, 3.8) is 0 Å². The molecule has 1 N–H and O–H groups in total. The van der Waals surface area contributed by atoms with Crippen LogP contribution in [0.5, 0.6) is 5.75 Å². The van der Waals surface area contributed by atoms with Crippen molar-refractivity contribution in [3.8, 4) is 5.75 Å². The van der Waals surface area contributed by atoms with Gasteiger partial charge in [-0.2, -0.15) is 0 Å². The van der Waals surface area contributed by atoms with E-state index in [1.165, 1.54) is 24.0 Å². The Morgan fingerprint density at radius 1 is 0.914 bits per heavy atom. The Kier molecular flexibility index (Phi) is 7.19. The number of phenolic OH excluding ortho intramolecular Hbond substituents is 1. The number of aromatic hydroxyl groups is 1. The van der Waals surface area contributed by atoms with Gasteiger partial charge >= 0.3 is 0 Å². The van der Waals surface area contributed by atoms with Crippen LogP contribution in [0.25, 0.3) is 0 Å². The highest BCUT2D eigenvalue weighted by Gasteiger charge is 2.42. The van der Waals surface area contributed by atoms with Gasteiger partial charge in [0.05, 0.1) is 6.42 Å². The van der Waals surface area contributed by atoms with Crippen molar-refractivity contribution < 1.29 is 9.90 Å². The summed E-state index contributed by atoms with van der Waals surface area (Å²) in [5, 5.41) is 9.95. The predicted octanol–water partition coefficient (Wildman–Crippen LogP) is 5.76. The first-order valence-electron chi connectivity index (χ1n) is 13.0. The Balaban J connectivity index is 1.29. The summed E-state index contributed by atoms with van der Waals surface area (Å²) in [6.07, 6.45) is 5.14. The third-order valence-electron chi connectivity index (χ3n) is 7.95. The Morgan fingerprint density at radius 2 is 1.54 bits per heavy atom. The number of nitrogens with zero attached hydrogens (tertiary/aromatic N) is 2. The number of hydrogen-bond donors (Lipinski definition) is 1. The number of benzene rings is 3. The molecule has 2 aliphatic rings. The second kappa shape index (κ2) is 10.7. The van der Waals surface area contributed by atoms with Crippen molar-refractivity contribution in [1.82, 2.24) is 9.80 Å². The summed E-state index contributed by atoms with van der Waals surface area (Å²) in [5.74, 6) is 1.06. The highest BCUT2D eigenvalue weighted by atomic mass is 16.3. The van der Waals surface area contributed by atoms with Crippen molar-refractivity contribution in [2.75, 3.05) is 6.54 Å². The standard InChI is InChI=1S/C31H36N2O2/c1-23(21-33-28-15-16-29(33)19-27(18-28)26-13-8-14-30(34)20-26)32(22-25-11-6-3-7-12-25)31(35)17-24-9-4-2-5-10-24/h2-14,20,23,27-29,34H,15-19,21-22H2,1H3/t23-,27?,28?,29?/m1/s1. The van der Waals surface area contributed by atoms with E-state index in [9.17, 15) is 9.90 Å². The smallest absolute Gasteiger partial charge is 0.227 e. The van der Waals surface area contributed by atoms with Crippen LogP contribution < -0.4 is 0 Å². The number of carbonyl (C=O) groups excluding carboxylic acids is 1. The van der Waals surface area contributed by atoms with E-state index in [1.54, 1.807) is 6.07 Å². The van der Waals surface area contributed by atoms with Crippen LogP contribution in [0.1, 0.15) is 55.2 Å². The van der Waals surface area contributed by atoms with Gasteiger partial charge in [-0.3, -0.25) is 9.69 Å². The summed E-state index contributed by atoms with van der Waals surface area (Å²) < 4.78 is 0. The van der Waals surface area contributed by atoms with Crippen LogP contribution in [-0.2, 0) is 17.8 Å². The Hall–Kier alpha value is -3.11. The van der Waals surface area contributed by atoms with E-state index < -0.39 is 0 Å². The maximum Gasteiger partial charge on any atom is 0.227 e. The van der Waals surface area contributed by atoms with Gasteiger partial charge < -0.3 is 10.0 Å². The van der Waals surface area contributed by atoms with Gasteiger partial charge in [0.2, 0.25) is 5.91 Å². The van der Waals surface area contributed by atoms with Gasteiger partial charge in [-0.05, 0) is 67.3 Å². The van der Waals surface area contributed by atoms with Crippen LogP contribution in [0.15, 0.2) is 84.9 Å². The van der Waals surface area contributed by atoms with E-state index in [0.29, 0.717) is 36.7 Å². The average Bonchev–Trinajstić information content (AvgIpc) is 3.09. The molecule has 3 atom stereocenters. The molecule has 3 aromatic carbocycles. The quantitative estimate of drug-likeness (QED) is 0.457. The maximum atomic E-state index is 13.5. The minimum atomic E-state index is 0.131. The molecule has 182 valence electrons. The highest BCUT2D eigenvalue weighted by Crippen LogP contribution is 2.43. The topological polar surface area (TPSA) is 43.8 Å². The minimum Gasteiger partial charge on any atom is -0.508 e. The highest BCUT2D eigenvalue weighted by molar-refractivity contribution is 5.79. The van der Waals surface area contributed by atoms with Gasteiger partial charge in [-0.25, -0.2) is 0 Å². The zero-order valence-corrected chi connectivity index (χ0v) is 20.6. The number of hydrogen-bond acceptors (Lipinski definition) is 3. The molecule has 2 saturated heterocycles. The third-order valence-corrected chi connectivity index (χ3v) is 7.95. The molecule has 35 heavy (non-hydrogen) atoms. The van der Waals surface area contributed by atoms with Gasteiger partial charge in [0, 0.05) is 31.2 Å². The molecule has 0 spiro atoms. The molecule has 2 fully saturated rings. The molecule has 2 unspecified atom stereocenters. The number of phenols is 1. The normalized spacial score (nSPS) is 22.6. The first-order valence-corrected chi connectivity index (χ1v) is 13.0.